The van der Waals surface area contributed by atoms with Crippen LogP contribution in [0, 0.1) is 12.8 Å². The van der Waals surface area contributed by atoms with E-state index in [1.807, 2.05) is 44.9 Å². The Balaban J connectivity index is 2.02. The van der Waals surface area contributed by atoms with Crippen LogP contribution in [0.5, 0.6) is 0 Å². The molecule has 24 heavy (non-hydrogen) atoms. The average molecular weight is 331 g/mol. The maximum Gasteiger partial charge on any atom is 0.251 e. The van der Waals surface area contributed by atoms with E-state index >= 15 is 0 Å². The first-order chi connectivity index (χ1) is 11.4. The molecule has 0 spiro atoms. The molecule has 0 aliphatic carbocycles. The zero-order chi connectivity index (χ0) is 17.7. The second kappa shape index (κ2) is 8.29. The van der Waals surface area contributed by atoms with Crippen molar-refractivity contribution in [1.29, 1.82) is 0 Å². The van der Waals surface area contributed by atoms with E-state index in [1.165, 1.54) is 0 Å². The third-order valence-electron chi connectivity index (χ3n) is 4.75. The van der Waals surface area contributed by atoms with E-state index < -0.39 is 6.04 Å². The summed E-state index contributed by atoms with van der Waals surface area (Å²) in [5.74, 6) is -0.110. The molecule has 1 fully saturated rings. The molecule has 2 N–H and O–H groups in total. The highest BCUT2D eigenvalue weighted by Gasteiger charge is 2.31. The number of piperidine rings is 1. The molecule has 132 valence electrons. The van der Waals surface area contributed by atoms with E-state index in [1.54, 1.807) is 12.1 Å². The molecule has 1 atom stereocenters. The molecule has 2 rings (SSSR count). The van der Waals surface area contributed by atoms with Crippen molar-refractivity contribution in [1.82, 2.24) is 15.5 Å². The fourth-order valence-electron chi connectivity index (χ4n) is 3.03. The van der Waals surface area contributed by atoms with E-state index in [-0.39, 0.29) is 17.7 Å². The number of benzene rings is 1. The molecule has 5 nitrogen and oxygen atoms in total. The van der Waals surface area contributed by atoms with Gasteiger partial charge in [-0.05, 0) is 44.9 Å². The third kappa shape index (κ3) is 4.57. The van der Waals surface area contributed by atoms with Gasteiger partial charge in [-0.2, -0.15) is 0 Å². The summed E-state index contributed by atoms with van der Waals surface area (Å²) in [5, 5.41) is 6.19. The molecule has 2 amide bonds. The molecule has 5 heteroatoms. The standard InChI is InChI=1S/C19H29N3O2/c1-13(2)17(19(24)22-11-9-16(20-4)10-12-22)21-18(23)15-7-5-14(3)6-8-15/h5-8,13,16-17,20H,9-12H2,1-4H3,(H,21,23). The van der Waals surface area contributed by atoms with Crippen molar-refractivity contribution in [3.05, 3.63) is 35.4 Å². The Morgan fingerprint density at radius 3 is 2.21 bits per heavy atom. The van der Waals surface area contributed by atoms with Crippen molar-refractivity contribution in [2.75, 3.05) is 20.1 Å². The predicted molar refractivity (Wildman–Crippen MR) is 95.9 cm³/mol. The fraction of sp³-hybridized carbons (Fsp3) is 0.579. The number of likely N-dealkylation sites (tertiary alicyclic amines) is 1. The van der Waals surface area contributed by atoms with Crippen molar-refractivity contribution in [2.24, 2.45) is 5.92 Å². The number of nitrogens with zero attached hydrogens (tertiary/aromatic N) is 1. The first kappa shape index (κ1) is 18.5. The van der Waals surface area contributed by atoms with Gasteiger partial charge in [0.1, 0.15) is 6.04 Å². The quantitative estimate of drug-likeness (QED) is 0.867. The van der Waals surface area contributed by atoms with Crippen LogP contribution in [-0.4, -0.2) is 48.9 Å². The normalized spacial score (nSPS) is 17.0. The van der Waals surface area contributed by atoms with Crippen LogP contribution in [0.4, 0.5) is 0 Å². The zero-order valence-electron chi connectivity index (χ0n) is 15.1. The Labute approximate surface area is 144 Å². The second-order valence-corrected chi connectivity index (χ2v) is 6.95. The number of aryl methyl sites for hydroxylation is 1. The topological polar surface area (TPSA) is 61.4 Å². The molecule has 0 aromatic heterocycles. The lowest BCUT2D eigenvalue weighted by Crippen LogP contribution is -2.54. The molecule has 1 heterocycles. The molecular formula is C19H29N3O2. The summed E-state index contributed by atoms with van der Waals surface area (Å²) >= 11 is 0. The number of carbonyl (C=O) groups is 2. The van der Waals surface area contributed by atoms with Crippen LogP contribution in [0.3, 0.4) is 0 Å². The minimum Gasteiger partial charge on any atom is -0.341 e. The lowest BCUT2D eigenvalue weighted by atomic mass is 9.99. The number of amides is 2. The van der Waals surface area contributed by atoms with Crippen molar-refractivity contribution in [3.63, 3.8) is 0 Å². The first-order valence-corrected chi connectivity index (χ1v) is 8.76. The molecule has 0 saturated carbocycles. The van der Waals surface area contributed by atoms with Crippen molar-refractivity contribution < 1.29 is 9.59 Å². The Bertz CT molecular complexity index is 560. The number of carbonyl (C=O) groups excluding carboxylic acids is 2. The number of nitrogens with one attached hydrogen (secondary N) is 2. The summed E-state index contributed by atoms with van der Waals surface area (Å²) in [5.41, 5.74) is 1.70. The van der Waals surface area contributed by atoms with Crippen LogP contribution in [0.25, 0.3) is 0 Å². The predicted octanol–water partition coefficient (Wildman–Crippen LogP) is 1.96. The summed E-state index contributed by atoms with van der Waals surface area (Å²) in [6, 6.07) is 7.40. The Morgan fingerprint density at radius 2 is 1.71 bits per heavy atom. The number of hydrogen-bond donors (Lipinski definition) is 2. The van der Waals surface area contributed by atoms with Gasteiger partial charge in [0.15, 0.2) is 0 Å². The van der Waals surface area contributed by atoms with E-state index in [0.29, 0.717) is 11.6 Å². The van der Waals surface area contributed by atoms with Gasteiger partial charge in [0.05, 0.1) is 0 Å². The molecule has 1 aliphatic rings. The lowest BCUT2D eigenvalue weighted by Gasteiger charge is -2.35. The van der Waals surface area contributed by atoms with Gasteiger partial charge in [-0.25, -0.2) is 0 Å². The Morgan fingerprint density at radius 1 is 1.12 bits per heavy atom. The smallest absolute Gasteiger partial charge is 0.251 e. The number of rotatable bonds is 5. The monoisotopic (exact) mass is 331 g/mol. The zero-order valence-corrected chi connectivity index (χ0v) is 15.1. The molecule has 1 aliphatic heterocycles. The first-order valence-electron chi connectivity index (χ1n) is 8.76. The van der Waals surface area contributed by atoms with Gasteiger partial charge in [-0.1, -0.05) is 31.5 Å². The minimum atomic E-state index is -0.482. The maximum atomic E-state index is 12.8. The van der Waals surface area contributed by atoms with Crippen LogP contribution < -0.4 is 10.6 Å². The molecule has 1 saturated heterocycles. The van der Waals surface area contributed by atoms with E-state index in [0.717, 1.165) is 31.5 Å². The molecule has 0 radical (unpaired) electrons. The van der Waals surface area contributed by atoms with Crippen LogP contribution in [0.15, 0.2) is 24.3 Å². The lowest BCUT2D eigenvalue weighted by molar-refractivity contribution is -0.135. The van der Waals surface area contributed by atoms with Gasteiger partial charge in [0.2, 0.25) is 5.91 Å². The van der Waals surface area contributed by atoms with Gasteiger partial charge in [0, 0.05) is 24.7 Å². The van der Waals surface area contributed by atoms with E-state index in [4.69, 9.17) is 0 Å². The SMILES string of the molecule is CNC1CCN(C(=O)C(NC(=O)c2ccc(C)cc2)C(C)C)CC1. The van der Waals surface area contributed by atoms with Gasteiger partial charge in [-0.15, -0.1) is 0 Å². The number of hydrogen-bond acceptors (Lipinski definition) is 3. The Hall–Kier alpha value is -1.88. The molecule has 1 aromatic carbocycles. The highest BCUT2D eigenvalue weighted by atomic mass is 16.2. The van der Waals surface area contributed by atoms with Crippen molar-refractivity contribution in [2.45, 2.75) is 45.7 Å². The second-order valence-electron chi connectivity index (χ2n) is 6.95. The summed E-state index contributed by atoms with van der Waals surface area (Å²) < 4.78 is 0. The molecule has 1 aromatic rings. The van der Waals surface area contributed by atoms with Crippen LogP contribution in [-0.2, 0) is 4.79 Å². The minimum absolute atomic E-state index is 0.0278. The highest BCUT2D eigenvalue weighted by Crippen LogP contribution is 2.15. The van der Waals surface area contributed by atoms with Crippen LogP contribution in [0.1, 0.15) is 42.6 Å². The maximum absolute atomic E-state index is 12.8. The van der Waals surface area contributed by atoms with Gasteiger partial charge >= 0.3 is 0 Å². The summed E-state index contributed by atoms with van der Waals surface area (Å²) in [6.45, 7) is 7.41. The fourth-order valence-corrected chi connectivity index (χ4v) is 3.03. The van der Waals surface area contributed by atoms with Crippen molar-refractivity contribution >= 4 is 11.8 Å². The van der Waals surface area contributed by atoms with Crippen LogP contribution in [0.2, 0.25) is 0 Å². The van der Waals surface area contributed by atoms with Gasteiger partial charge < -0.3 is 15.5 Å². The summed E-state index contributed by atoms with van der Waals surface area (Å²) in [4.78, 5) is 27.2. The third-order valence-corrected chi connectivity index (χ3v) is 4.75. The Kier molecular flexibility index (Phi) is 6.37. The molecule has 0 bridgehead atoms. The van der Waals surface area contributed by atoms with Crippen LogP contribution >= 0.6 is 0 Å². The summed E-state index contributed by atoms with van der Waals surface area (Å²) in [7, 11) is 1.96. The summed E-state index contributed by atoms with van der Waals surface area (Å²) in [6.07, 6.45) is 1.91. The molecular weight excluding hydrogens is 302 g/mol. The van der Waals surface area contributed by atoms with Gasteiger partial charge in [0.25, 0.3) is 5.91 Å². The van der Waals surface area contributed by atoms with E-state index in [2.05, 4.69) is 10.6 Å². The van der Waals surface area contributed by atoms with E-state index in [9.17, 15) is 9.59 Å². The average Bonchev–Trinajstić information content (AvgIpc) is 2.59. The van der Waals surface area contributed by atoms with Crippen molar-refractivity contribution in [3.8, 4) is 0 Å². The molecule has 1 unspecified atom stereocenters. The highest BCUT2D eigenvalue weighted by molar-refractivity contribution is 5.97. The van der Waals surface area contributed by atoms with Gasteiger partial charge in [-0.3, -0.25) is 9.59 Å². The largest absolute Gasteiger partial charge is 0.341 e.